The Labute approximate surface area is 215 Å². The van der Waals surface area contributed by atoms with Crippen molar-refractivity contribution >= 4 is 47.3 Å². The summed E-state index contributed by atoms with van der Waals surface area (Å²) >= 11 is 4.87. The summed E-state index contributed by atoms with van der Waals surface area (Å²) in [6.45, 7) is 2.78. The van der Waals surface area contributed by atoms with Gasteiger partial charge in [-0.3, -0.25) is 4.90 Å². The van der Waals surface area contributed by atoms with Gasteiger partial charge in [-0.05, 0) is 42.7 Å². The predicted octanol–water partition coefficient (Wildman–Crippen LogP) is 5.71. The SMILES string of the molecule is CS(=O)(=O)c1ccc(-c2csc3c(OC4CCN(Cc5ccc(Br)cc5)CC4)ncnc23)c(F)c1. The lowest BCUT2D eigenvalue weighted by Crippen LogP contribution is -2.37. The maximum atomic E-state index is 14.8. The second kappa shape index (κ2) is 9.93. The van der Waals surface area contributed by atoms with Crippen LogP contribution in [-0.2, 0) is 16.4 Å². The van der Waals surface area contributed by atoms with Gasteiger partial charge < -0.3 is 4.74 Å². The third kappa shape index (κ3) is 5.40. The van der Waals surface area contributed by atoms with Crippen LogP contribution in [-0.4, -0.2) is 48.7 Å². The zero-order valence-corrected chi connectivity index (χ0v) is 22.2. The van der Waals surface area contributed by atoms with E-state index in [0.29, 0.717) is 22.5 Å². The highest BCUT2D eigenvalue weighted by Crippen LogP contribution is 2.38. The Morgan fingerprint density at radius 3 is 2.54 bits per heavy atom. The first-order valence-electron chi connectivity index (χ1n) is 11.1. The molecule has 1 aliphatic rings. The number of hydrogen-bond acceptors (Lipinski definition) is 7. The molecule has 0 atom stereocenters. The molecule has 0 N–H and O–H groups in total. The summed E-state index contributed by atoms with van der Waals surface area (Å²) in [5, 5.41) is 1.81. The van der Waals surface area contributed by atoms with E-state index in [0.717, 1.165) is 54.0 Å². The fourth-order valence-corrected chi connectivity index (χ4v) is 6.09. The molecule has 6 nitrogen and oxygen atoms in total. The highest BCUT2D eigenvalue weighted by atomic mass is 79.9. The van der Waals surface area contributed by atoms with Crippen LogP contribution in [0.3, 0.4) is 0 Å². The van der Waals surface area contributed by atoms with Crippen LogP contribution in [0.15, 0.2) is 63.5 Å². The molecule has 0 unspecified atom stereocenters. The highest BCUT2D eigenvalue weighted by molar-refractivity contribution is 9.10. The standard InChI is InChI=1S/C25H23BrFN3O3S2/c1-35(31,32)19-6-7-20(22(27)12-19)21-14-34-24-23(21)28-15-29-25(24)33-18-8-10-30(11-9-18)13-16-2-4-17(26)5-3-16/h2-7,12,14-15,18H,8-11,13H2,1H3. The van der Waals surface area contributed by atoms with Gasteiger partial charge in [0.25, 0.3) is 0 Å². The molecular weight excluding hydrogens is 553 g/mol. The number of sulfone groups is 1. The summed E-state index contributed by atoms with van der Waals surface area (Å²) in [5.74, 6) is -0.0994. The first-order valence-corrected chi connectivity index (χ1v) is 14.7. The molecule has 0 spiro atoms. The fourth-order valence-electron chi connectivity index (χ4n) is 4.24. The molecule has 2 aromatic carbocycles. The van der Waals surface area contributed by atoms with Crippen LogP contribution in [0, 0.1) is 5.82 Å². The summed E-state index contributed by atoms with van der Waals surface area (Å²) in [6.07, 6.45) is 4.32. The summed E-state index contributed by atoms with van der Waals surface area (Å²) < 4.78 is 46.4. The maximum Gasteiger partial charge on any atom is 0.235 e. The van der Waals surface area contributed by atoms with Gasteiger partial charge in [0.15, 0.2) is 9.84 Å². The minimum Gasteiger partial charge on any atom is -0.473 e. The highest BCUT2D eigenvalue weighted by Gasteiger charge is 2.23. The monoisotopic (exact) mass is 575 g/mol. The van der Waals surface area contributed by atoms with E-state index in [9.17, 15) is 12.8 Å². The van der Waals surface area contributed by atoms with Crippen molar-refractivity contribution in [1.82, 2.24) is 14.9 Å². The maximum absolute atomic E-state index is 14.8. The average Bonchev–Trinajstić information content (AvgIpc) is 3.26. The number of aromatic nitrogens is 2. The van der Waals surface area contributed by atoms with Gasteiger partial charge in [-0.15, -0.1) is 11.3 Å². The molecule has 182 valence electrons. The zero-order chi connectivity index (χ0) is 24.6. The van der Waals surface area contributed by atoms with Crippen LogP contribution in [0.1, 0.15) is 18.4 Å². The van der Waals surface area contributed by atoms with Gasteiger partial charge in [0, 0.05) is 46.9 Å². The zero-order valence-electron chi connectivity index (χ0n) is 18.9. The Hall–Kier alpha value is -2.40. The van der Waals surface area contributed by atoms with Crippen molar-refractivity contribution < 1.29 is 17.5 Å². The topological polar surface area (TPSA) is 72.4 Å². The number of thiophene rings is 1. The number of ether oxygens (including phenoxy) is 1. The summed E-state index contributed by atoms with van der Waals surface area (Å²) in [6, 6.07) is 12.3. The number of piperidine rings is 1. The molecule has 1 aliphatic heterocycles. The molecule has 4 aromatic rings. The normalized spacial score (nSPS) is 15.5. The number of likely N-dealkylation sites (tertiary alicyclic amines) is 1. The lowest BCUT2D eigenvalue weighted by atomic mass is 10.1. The van der Waals surface area contributed by atoms with Crippen LogP contribution in [0.5, 0.6) is 5.88 Å². The predicted molar refractivity (Wildman–Crippen MR) is 139 cm³/mol. The quantitative estimate of drug-likeness (QED) is 0.293. The lowest BCUT2D eigenvalue weighted by Gasteiger charge is -2.31. The van der Waals surface area contributed by atoms with Gasteiger partial charge in [0.05, 0.1) is 10.4 Å². The molecule has 2 aromatic heterocycles. The fraction of sp³-hybridized carbons (Fsp3) is 0.280. The average molecular weight is 577 g/mol. The van der Waals surface area contributed by atoms with E-state index >= 15 is 0 Å². The molecule has 0 radical (unpaired) electrons. The largest absolute Gasteiger partial charge is 0.473 e. The van der Waals surface area contributed by atoms with Crippen molar-refractivity contribution in [2.24, 2.45) is 0 Å². The summed E-state index contributed by atoms with van der Waals surface area (Å²) in [7, 11) is -3.49. The second-order valence-electron chi connectivity index (χ2n) is 8.64. The Morgan fingerprint density at radius 2 is 1.86 bits per heavy atom. The van der Waals surface area contributed by atoms with Crippen LogP contribution in [0.2, 0.25) is 0 Å². The molecule has 5 rings (SSSR count). The van der Waals surface area contributed by atoms with Crippen LogP contribution in [0.25, 0.3) is 21.3 Å². The van der Waals surface area contributed by atoms with E-state index < -0.39 is 15.7 Å². The second-order valence-corrected chi connectivity index (χ2v) is 12.5. The van der Waals surface area contributed by atoms with Crippen molar-refractivity contribution in [2.45, 2.75) is 30.4 Å². The van der Waals surface area contributed by atoms with Crippen molar-refractivity contribution in [3.8, 4) is 17.0 Å². The molecule has 0 bridgehead atoms. The van der Waals surface area contributed by atoms with Gasteiger partial charge in [0.1, 0.15) is 22.9 Å². The number of fused-ring (bicyclic) bond motifs is 1. The first kappa shape index (κ1) is 24.3. The number of rotatable bonds is 6. The minimum absolute atomic E-state index is 0.0469. The molecule has 0 saturated carbocycles. The van der Waals surface area contributed by atoms with Crippen molar-refractivity contribution in [3.63, 3.8) is 0 Å². The molecule has 35 heavy (non-hydrogen) atoms. The molecule has 1 fully saturated rings. The molecule has 10 heteroatoms. The Kier molecular flexibility index (Phi) is 6.89. The molecule has 0 aliphatic carbocycles. The molecular formula is C25H23BrFN3O3S2. The number of halogens is 2. The Morgan fingerprint density at radius 1 is 1.11 bits per heavy atom. The summed E-state index contributed by atoms with van der Waals surface area (Å²) in [4.78, 5) is 11.1. The minimum atomic E-state index is -3.49. The lowest BCUT2D eigenvalue weighted by molar-refractivity contribution is 0.0946. The number of nitrogens with zero attached hydrogens (tertiary/aromatic N) is 3. The summed E-state index contributed by atoms with van der Waals surface area (Å²) in [5.41, 5.74) is 2.78. The van der Waals surface area contributed by atoms with Crippen LogP contribution >= 0.6 is 27.3 Å². The van der Waals surface area contributed by atoms with Gasteiger partial charge in [-0.25, -0.2) is 22.8 Å². The first-order chi connectivity index (χ1) is 16.8. The van der Waals surface area contributed by atoms with E-state index in [4.69, 9.17) is 4.74 Å². The smallest absolute Gasteiger partial charge is 0.235 e. The van der Waals surface area contributed by atoms with Gasteiger partial charge in [-0.1, -0.05) is 34.1 Å². The van der Waals surface area contributed by atoms with E-state index in [-0.39, 0.29) is 11.0 Å². The number of benzene rings is 2. The van der Waals surface area contributed by atoms with Crippen molar-refractivity contribution in [2.75, 3.05) is 19.3 Å². The van der Waals surface area contributed by atoms with Gasteiger partial charge in [0.2, 0.25) is 5.88 Å². The molecule has 3 heterocycles. The van der Waals surface area contributed by atoms with Gasteiger partial charge in [-0.2, -0.15) is 0 Å². The van der Waals surface area contributed by atoms with E-state index in [2.05, 4.69) is 55.1 Å². The van der Waals surface area contributed by atoms with E-state index in [1.54, 1.807) is 0 Å². The van der Waals surface area contributed by atoms with E-state index in [1.807, 2.05) is 5.38 Å². The number of hydrogen-bond donors (Lipinski definition) is 0. The molecule has 1 saturated heterocycles. The third-order valence-corrected chi connectivity index (χ3v) is 8.71. The Balaban J connectivity index is 1.30. The van der Waals surface area contributed by atoms with Gasteiger partial charge >= 0.3 is 0 Å². The van der Waals surface area contributed by atoms with Crippen LogP contribution < -0.4 is 4.74 Å². The van der Waals surface area contributed by atoms with E-state index in [1.165, 1.54) is 35.4 Å². The van der Waals surface area contributed by atoms with Crippen molar-refractivity contribution in [1.29, 1.82) is 0 Å². The third-order valence-electron chi connectivity index (χ3n) is 6.11. The van der Waals surface area contributed by atoms with Crippen molar-refractivity contribution in [3.05, 3.63) is 70.0 Å². The Bertz CT molecular complexity index is 1470. The molecule has 0 amide bonds. The van der Waals surface area contributed by atoms with Crippen LogP contribution in [0.4, 0.5) is 4.39 Å².